The van der Waals surface area contributed by atoms with Gasteiger partial charge in [-0.2, -0.15) is 0 Å². The van der Waals surface area contributed by atoms with E-state index in [0.29, 0.717) is 0 Å². The number of fused-ring (bicyclic) bond motifs is 2. The number of para-hydroxylation sites is 2. The Balaban J connectivity index is 1.61. The van der Waals surface area contributed by atoms with Gasteiger partial charge in [0.15, 0.2) is 0 Å². The molecule has 0 radical (unpaired) electrons. The van der Waals surface area contributed by atoms with Crippen LogP contribution >= 0.6 is 0 Å². The van der Waals surface area contributed by atoms with Crippen molar-refractivity contribution < 1.29 is 0 Å². The third-order valence-corrected chi connectivity index (χ3v) is 6.56. The summed E-state index contributed by atoms with van der Waals surface area (Å²) in [6, 6.07) is 29.2. The number of nitrogens with zero attached hydrogens (tertiary/aromatic N) is 4. The van der Waals surface area contributed by atoms with E-state index < -0.39 is 0 Å². The predicted octanol–water partition coefficient (Wildman–Crippen LogP) is 6.69. The molecular weight excluding hydrogens is 404 g/mol. The molecule has 0 aliphatic rings. The minimum atomic E-state index is -0.251. The van der Waals surface area contributed by atoms with Crippen LogP contribution in [0.25, 0.3) is 33.4 Å². The molecule has 0 atom stereocenters. The molecule has 6 aromatic rings. The summed E-state index contributed by atoms with van der Waals surface area (Å²) in [6.07, 6.45) is 8.19. The van der Waals surface area contributed by atoms with Crippen LogP contribution in [-0.2, 0) is 5.41 Å². The Morgan fingerprint density at radius 2 is 0.970 bits per heavy atom. The van der Waals surface area contributed by atoms with Crippen LogP contribution in [0.1, 0.15) is 25.0 Å². The Hall–Kier alpha value is -4.18. The van der Waals surface area contributed by atoms with Gasteiger partial charge in [-0.15, -0.1) is 0 Å². The number of aromatic nitrogens is 4. The van der Waals surface area contributed by atoms with Crippen molar-refractivity contribution in [3.63, 3.8) is 0 Å². The van der Waals surface area contributed by atoms with Gasteiger partial charge in [-0.3, -0.25) is 0 Å². The summed E-state index contributed by atoms with van der Waals surface area (Å²) in [6.45, 7) is 4.62. The van der Waals surface area contributed by atoms with Gasteiger partial charge in [-0.25, -0.2) is 9.97 Å². The van der Waals surface area contributed by atoms with Crippen LogP contribution in [0.5, 0.6) is 0 Å². The summed E-state index contributed by atoms with van der Waals surface area (Å²) in [5, 5.41) is 2.48. The van der Waals surface area contributed by atoms with E-state index in [2.05, 4.69) is 106 Å². The van der Waals surface area contributed by atoms with Gasteiger partial charge in [0.2, 0.25) is 0 Å². The maximum Gasteiger partial charge on any atom is 0.137 e. The summed E-state index contributed by atoms with van der Waals surface area (Å²) in [7, 11) is 0. The topological polar surface area (TPSA) is 35.6 Å². The zero-order chi connectivity index (χ0) is 22.4. The second-order valence-electron chi connectivity index (χ2n) is 8.86. The SMILES string of the molecule is CC(C)(c1cn(-c2ccccn2)c2ccccc12)c1cn(-c2ccccn2)c2ccccc12. The van der Waals surface area contributed by atoms with Crippen molar-refractivity contribution in [1.29, 1.82) is 0 Å². The molecule has 0 fully saturated rings. The van der Waals surface area contributed by atoms with Gasteiger partial charge >= 0.3 is 0 Å². The molecule has 4 aromatic heterocycles. The van der Waals surface area contributed by atoms with Gasteiger partial charge in [0.25, 0.3) is 0 Å². The molecule has 0 spiro atoms. The summed E-state index contributed by atoms with van der Waals surface area (Å²) in [4.78, 5) is 9.22. The molecule has 33 heavy (non-hydrogen) atoms. The van der Waals surface area contributed by atoms with E-state index in [1.54, 1.807) is 0 Å². The number of rotatable bonds is 4. The van der Waals surface area contributed by atoms with Gasteiger partial charge < -0.3 is 9.13 Å². The van der Waals surface area contributed by atoms with E-state index in [0.717, 1.165) is 22.7 Å². The third-order valence-electron chi connectivity index (χ3n) is 6.56. The zero-order valence-corrected chi connectivity index (χ0v) is 18.7. The highest BCUT2D eigenvalue weighted by Gasteiger charge is 2.31. The fraction of sp³-hybridized carbons (Fsp3) is 0.103. The quantitative estimate of drug-likeness (QED) is 0.314. The van der Waals surface area contributed by atoms with Crippen LogP contribution in [0.2, 0.25) is 0 Å². The standard InChI is InChI=1S/C29H24N4/c1-29(2,23-19-32(27-15-7-9-17-30-27)25-13-5-3-11-21(23)25)24-20-33(28-16-8-10-18-31-28)26-14-6-4-12-22(24)26/h3-20H,1-2H3. The first-order chi connectivity index (χ1) is 16.1. The van der Waals surface area contributed by atoms with Gasteiger partial charge in [-0.1, -0.05) is 62.4 Å². The van der Waals surface area contributed by atoms with Crippen LogP contribution in [0.3, 0.4) is 0 Å². The number of hydrogen-bond acceptors (Lipinski definition) is 2. The molecule has 0 unspecified atom stereocenters. The molecule has 6 rings (SSSR count). The van der Waals surface area contributed by atoms with Gasteiger partial charge in [0, 0.05) is 41.0 Å². The average Bonchev–Trinajstić information content (AvgIpc) is 3.46. The van der Waals surface area contributed by atoms with Crippen LogP contribution in [0, 0.1) is 0 Å². The fourth-order valence-corrected chi connectivity index (χ4v) is 4.87. The Morgan fingerprint density at radius 1 is 0.545 bits per heavy atom. The molecule has 0 bridgehead atoms. The highest BCUT2D eigenvalue weighted by Crippen LogP contribution is 2.42. The van der Waals surface area contributed by atoms with Crippen molar-refractivity contribution in [2.45, 2.75) is 19.3 Å². The molecule has 0 saturated heterocycles. The van der Waals surface area contributed by atoms with Crippen molar-refractivity contribution in [3.05, 3.63) is 121 Å². The molecule has 0 aliphatic carbocycles. The van der Waals surface area contributed by atoms with Crippen LogP contribution in [0.15, 0.2) is 110 Å². The minimum Gasteiger partial charge on any atom is -0.301 e. The van der Waals surface area contributed by atoms with E-state index >= 15 is 0 Å². The van der Waals surface area contributed by atoms with E-state index in [1.807, 2.05) is 36.7 Å². The van der Waals surface area contributed by atoms with Gasteiger partial charge in [-0.05, 0) is 47.5 Å². The first kappa shape index (κ1) is 19.5. The van der Waals surface area contributed by atoms with E-state index in [4.69, 9.17) is 0 Å². The van der Waals surface area contributed by atoms with Gasteiger partial charge in [0.1, 0.15) is 11.6 Å². The second kappa shape index (κ2) is 7.45. The first-order valence-electron chi connectivity index (χ1n) is 11.2. The molecule has 4 heterocycles. The Kier molecular flexibility index (Phi) is 4.40. The Bertz CT molecular complexity index is 1450. The fourth-order valence-electron chi connectivity index (χ4n) is 4.87. The largest absolute Gasteiger partial charge is 0.301 e. The molecule has 0 aliphatic heterocycles. The normalized spacial score (nSPS) is 11.9. The summed E-state index contributed by atoms with van der Waals surface area (Å²) in [5.74, 6) is 1.85. The predicted molar refractivity (Wildman–Crippen MR) is 134 cm³/mol. The Labute approximate surface area is 192 Å². The van der Waals surface area contributed by atoms with E-state index in [9.17, 15) is 0 Å². The summed E-state index contributed by atoms with van der Waals surface area (Å²) >= 11 is 0. The van der Waals surface area contributed by atoms with Crippen LogP contribution in [-0.4, -0.2) is 19.1 Å². The maximum atomic E-state index is 4.61. The molecule has 0 saturated carbocycles. The van der Waals surface area contributed by atoms with Gasteiger partial charge in [0.05, 0.1) is 11.0 Å². The van der Waals surface area contributed by atoms with Crippen molar-refractivity contribution >= 4 is 21.8 Å². The lowest BCUT2D eigenvalue weighted by atomic mass is 9.78. The number of pyridine rings is 2. The monoisotopic (exact) mass is 428 g/mol. The number of hydrogen-bond donors (Lipinski definition) is 0. The molecule has 4 heteroatoms. The lowest BCUT2D eigenvalue weighted by Gasteiger charge is -2.24. The lowest BCUT2D eigenvalue weighted by Crippen LogP contribution is -2.18. The molecule has 4 nitrogen and oxygen atoms in total. The van der Waals surface area contributed by atoms with E-state index in [-0.39, 0.29) is 5.41 Å². The third kappa shape index (κ3) is 3.06. The Morgan fingerprint density at radius 3 is 1.39 bits per heavy atom. The molecule has 0 N–H and O–H groups in total. The minimum absolute atomic E-state index is 0.251. The summed E-state index contributed by atoms with van der Waals surface area (Å²) < 4.78 is 4.40. The van der Waals surface area contributed by atoms with Crippen molar-refractivity contribution in [3.8, 4) is 11.6 Å². The molecule has 2 aromatic carbocycles. The number of benzene rings is 2. The maximum absolute atomic E-state index is 4.61. The zero-order valence-electron chi connectivity index (χ0n) is 18.7. The van der Waals surface area contributed by atoms with Crippen molar-refractivity contribution in [2.24, 2.45) is 0 Å². The first-order valence-corrected chi connectivity index (χ1v) is 11.2. The highest BCUT2D eigenvalue weighted by molar-refractivity contribution is 5.91. The van der Waals surface area contributed by atoms with E-state index in [1.165, 1.54) is 21.9 Å². The van der Waals surface area contributed by atoms with Crippen LogP contribution < -0.4 is 0 Å². The smallest absolute Gasteiger partial charge is 0.137 e. The second-order valence-corrected chi connectivity index (χ2v) is 8.86. The van der Waals surface area contributed by atoms with Crippen molar-refractivity contribution in [2.75, 3.05) is 0 Å². The average molecular weight is 429 g/mol. The summed E-state index contributed by atoms with van der Waals surface area (Å²) in [5.41, 5.74) is 4.61. The molecule has 0 amide bonds. The molecular formula is C29H24N4. The van der Waals surface area contributed by atoms with Crippen LogP contribution in [0.4, 0.5) is 0 Å². The molecule has 160 valence electrons. The highest BCUT2D eigenvalue weighted by atomic mass is 15.1. The lowest BCUT2D eigenvalue weighted by molar-refractivity contribution is 0.649. The van der Waals surface area contributed by atoms with Crippen molar-refractivity contribution in [1.82, 2.24) is 19.1 Å².